The SMILES string of the molecule is C=C1C(=O)O[C@H]2/C=C(/C)C3=CC(=O)[C@](C)(O3)[C@@H](O)[C@@H](OC(=O)/C(=C/C)COC(C)=O)[C@@H]12. The minimum Gasteiger partial charge on any atom is -0.476 e. The van der Waals surface area contributed by atoms with E-state index >= 15 is 0 Å². The predicted octanol–water partition coefficient (Wildman–Crippen LogP) is 1.07. The molecule has 3 rings (SSSR count). The van der Waals surface area contributed by atoms with Gasteiger partial charge in [-0.05, 0) is 32.4 Å². The van der Waals surface area contributed by atoms with Crippen molar-refractivity contribution in [2.24, 2.45) is 5.92 Å². The molecular formula is C22H24O9. The summed E-state index contributed by atoms with van der Waals surface area (Å²) in [6.45, 7) is 9.20. The van der Waals surface area contributed by atoms with E-state index in [0.29, 0.717) is 5.57 Å². The first-order valence-electron chi connectivity index (χ1n) is 9.71. The Labute approximate surface area is 179 Å². The average molecular weight is 432 g/mol. The van der Waals surface area contributed by atoms with Gasteiger partial charge in [0.2, 0.25) is 5.78 Å². The lowest BCUT2D eigenvalue weighted by Crippen LogP contribution is -2.56. The number of carbonyl (C=O) groups excluding carboxylic acids is 4. The number of rotatable bonds is 4. The molecule has 0 radical (unpaired) electrons. The van der Waals surface area contributed by atoms with Crippen LogP contribution in [0, 0.1) is 5.92 Å². The van der Waals surface area contributed by atoms with Crippen molar-refractivity contribution in [1.82, 2.24) is 0 Å². The van der Waals surface area contributed by atoms with E-state index in [9.17, 15) is 24.3 Å². The number of fused-ring (bicyclic) bond motifs is 3. The first kappa shape index (κ1) is 22.5. The fraction of sp³-hybridized carbons (Fsp3) is 0.455. The monoisotopic (exact) mass is 432 g/mol. The van der Waals surface area contributed by atoms with Gasteiger partial charge in [-0.3, -0.25) is 9.59 Å². The number of esters is 3. The molecule has 1 saturated heterocycles. The van der Waals surface area contributed by atoms with E-state index in [0.717, 1.165) is 0 Å². The summed E-state index contributed by atoms with van der Waals surface area (Å²) in [5, 5.41) is 11.2. The van der Waals surface area contributed by atoms with Gasteiger partial charge < -0.3 is 24.1 Å². The average Bonchev–Trinajstić information content (AvgIpc) is 3.16. The van der Waals surface area contributed by atoms with Crippen molar-refractivity contribution in [1.29, 1.82) is 0 Å². The molecule has 3 aliphatic rings. The summed E-state index contributed by atoms with van der Waals surface area (Å²) in [5.41, 5.74) is -1.21. The Morgan fingerprint density at radius 2 is 2.03 bits per heavy atom. The molecule has 0 spiro atoms. The zero-order valence-corrected chi connectivity index (χ0v) is 17.7. The van der Waals surface area contributed by atoms with Gasteiger partial charge in [0.1, 0.15) is 30.7 Å². The van der Waals surface area contributed by atoms with Crippen molar-refractivity contribution in [3.63, 3.8) is 0 Å². The molecule has 0 saturated carbocycles. The molecule has 31 heavy (non-hydrogen) atoms. The molecule has 0 unspecified atom stereocenters. The van der Waals surface area contributed by atoms with Crippen LogP contribution in [0.2, 0.25) is 0 Å². The number of ketones is 1. The van der Waals surface area contributed by atoms with Crippen LogP contribution in [0.4, 0.5) is 0 Å². The molecule has 9 nitrogen and oxygen atoms in total. The maximum atomic E-state index is 12.8. The zero-order chi connectivity index (χ0) is 23.1. The third-order valence-corrected chi connectivity index (χ3v) is 5.65. The molecule has 0 aromatic rings. The highest BCUT2D eigenvalue weighted by Gasteiger charge is 2.57. The van der Waals surface area contributed by atoms with Crippen molar-refractivity contribution < 1.29 is 43.2 Å². The standard InChI is InChI=1S/C22H24O9/c1-6-13(9-28-12(4)23)21(27)30-18-17-11(3)20(26)29-15(17)7-10(2)14-8-16(24)22(5,31-14)19(18)25/h6-8,15,17-19,25H,3,9H2,1-2,4-5H3/b10-7-,13-6+/t15-,17-,18-,19-,22-/m0/s1. The summed E-state index contributed by atoms with van der Waals surface area (Å²) in [7, 11) is 0. The van der Waals surface area contributed by atoms with Gasteiger partial charge in [-0.15, -0.1) is 0 Å². The molecule has 0 aliphatic carbocycles. The van der Waals surface area contributed by atoms with E-state index in [1.54, 1.807) is 19.9 Å². The van der Waals surface area contributed by atoms with Gasteiger partial charge in [-0.2, -0.15) is 0 Å². The maximum absolute atomic E-state index is 12.8. The van der Waals surface area contributed by atoms with Gasteiger partial charge in [-0.1, -0.05) is 12.7 Å². The van der Waals surface area contributed by atoms with E-state index in [-0.39, 0.29) is 23.5 Å². The number of aliphatic hydroxyl groups is 1. The van der Waals surface area contributed by atoms with E-state index in [2.05, 4.69) is 6.58 Å². The van der Waals surface area contributed by atoms with E-state index in [1.165, 1.54) is 26.0 Å². The van der Waals surface area contributed by atoms with Gasteiger partial charge in [0.05, 0.1) is 11.5 Å². The summed E-state index contributed by atoms with van der Waals surface area (Å²) in [4.78, 5) is 48.8. The Balaban J connectivity index is 2.02. The Bertz CT molecular complexity index is 954. The molecule has 3 heterocycles. The Morgan fingerprint density at radius 1 is 1.35 bits per heavy atom. The number of aliphatic hydroxyl groups excluding tert-OH is 1. The van der Waals surface area contributed by atoms with Crippen molar-refractivity contribution in [3.8, 4) is 0 Å². The lowest BCUT2D eigenvalue weighted by Gasteiger charge is -2.36. The molecule has 0 aromatic heterocycles. The first-order chi connectivity index (χ1) is 14.5. The van der Waals surface area contributed by atoms with Crippen LogP contribution in [0.25, 0.3) is 0 Å². The lowest BCUT2D eigenvalue weighted by atomic mass is 9.80. The van der Waals surface area contributed by atoms with Crippen LogP contribution < -0.4 is 0 Å². The summed E-state index contributed by atoms with van der Waals surface area (Å²) in [6, 6.07) is 0. The number of carbonyl (C=O) groups is 4. The largest absolute Gasteiger partial charge is 0.476 e. The van der Waals surface area contributed by atoms with Crippen molar-refractivity contribution >= 4 is 23.7 Å². The van der Waals surface area contributed by atoms with Crippen molar-refractivity contribution in [3.05, 3.63) is 47.3 Å². The van der Waals surface area contributed by atoms with Crippen LogP contribution in [-0.4, -0.2) is 59.3 Å². The molecule has 0 amide bonds. The number of ether oxygens (including phenoxy) is 4. The van der Waals surface area contributed by atoms with Crippen molar-refractivity contribution in [2.75, 3.05) is 6.61 Å². The maximum Gasteiger partial charge on any atom is 0.337 e. The minimum absolute atomic E-state index is 0.00397. The Kier molecular flexibility index (Phi) is 5.91. The molecule has 1 fully saturated rings. The smallest absolute Gasteiger partial charge is 0.337 e. The predicted molar refractivity (Wildman–Crippen MR) is 105 cm³/mol. The van der Waals surface area contributed by atoms with E-state index in [4.69, 9.17) is 18.9 Å². The molecule has 166 valence electrons. The second-order valence-electron chi connectivity index (χ2n) is 7.76. The quantitative estimate of drug-likeness (QED) is 0.394. The second-order valence-corrected chi connectivity index (χ2v) is 7.76. The van der Waals surface area contributed by atoms with Gasteiger partial charge in [0, 0.05) is 18.6 Å². The van der Waals surface area contributed by atoms with Crippen LogP contribution in [0.1, 0.15) is 27.7 Å². The summed E-state index contributed by atoms with van der Waals surface area (Å²) in [5.74, 6) is -3.41. The summed E-state index contributed by atoms with van der Waals surface area (Å²) in [6.07, 6.45) is 0.267. The van der Waals surface area contributed by atoms with Crippen LogP contribution in [0.5, 0.6) is 0 Å². The van der Waals surface area contributed by atoms with Crippen LogP contribution in [0.15, 0.2) is 47.3 Å². The normalized spacial score (nSPS) is 34.2. The van der Waals surface area contributed by atoms with Crippen LogP contribution in [0.3, 0.4) is 0 Å². The molecule has 3 aliphatic heterocycles. The molecule has 1 N–H and O–H groups in total. The highest BCUT2D eigenvalue weighted by molar-refractivity contribution is 6.01. The van der Waals surface area contributed by atoms with Gasteiger partial charge in [0.15, 0.2) is 5.60 Å². The van der Waals surface area contributed by atoms with E-state index in [1.807, 2.05) is 0 Å². The van der Waals surface area contributed by atoms with Gasteiger partial charge in [-0.25, -0.2) is 9.59 Å². The Morgan fingerprint density at radius 3 is 2.65 bits per heavy atom. The number of allylic oxidation sites excluding steroid dienone is 2. The van der Waals surface area contributed by atoms with Gasteiger partial charge in [0.25, 0.3) is 0 Å². The fourth-order valence-corrected chi connectivity index (χ4v) is 3.72. The minimum atomic E-state index is -1.75. The molecule has 5 atom stereocenters. The first-order valence-corrected chi connectivity index (χ1v) is 9.71. The van der Waals surface area contributed by atoms with Crippen molar-refractivity contribution in [2.45, 2.75) is 51.6 Å². The fourth-order valence-electron chi connectivity index (χ4n) is 3.72. The number of hydrogen-bond acceptors (Lipinski definition) is 9. The summed E-state index contributed by atoms with van der Waals surface area (Å²) < 4.78 is 21.6. The molecule has 9 heteroatoms. The topological polar surface area (TPSA) is 125 Å². The van der Waals surface area contributed by atoms with Gasteiger partial charge >= 0.3 is 17.9 Å². The highest BCUT2D eigenvalue weighted by atomic mass is 16.6. The van der Waals surface area contributed by atoms with Crippen LogP contribution >= 0.6 is 0 Å². The summed E-state index contributed by atoms with van der Waals surface area (Å²) >= 11 is 0. The molecule has 2 bridgehead atoms. The zero-order valence-electron chi connectivity index (χ0n) is 17.7. The number of hydrogen-bond donors (Lipinski definition) is 1. The second kappa shape index (κ2) is 8.14. The van der Waals surface area contributed by atoms with E-state index < -0.39 is 53.5 Å². The lowest BCUT2D eigenvalue weighted by molar-refractivity contribution is -0.176. The highest BCUT2D eigenvalue weighted by Crippen LogP contribution is 2.42. The third-order valence-electron chi connectivity index (χ3n) is 5.65. The molecular weight excluding hydrogens is 408 g/mol. The Hall–Kier alpha value is -3.20. The van der Waals surface area contributed by atoms with Crippen LogP contribution in [-0.2, 0) is 38.1 Å². The third kappa shape index (κ3) is 3.93. The molecule has 0 aromatic carbocycles.